The second kappa shape index (κ2) is 38.9. The molecule has 4 aromatic rings. The highest BCUT2D eigenvalue weighted by molar-refractivity contribution is 6.94. The van der Waals surface area contributed by atoms with Gasteiger partial charge in [0.15, 0.2) is 26.9 Å². The first-order valence-electron chi connectivity index (χ1n) is 27.2. The average molecular weight is 1520 g/mol. The molecule has 0 spiro atoms. The minimum atomic E-state index is -5.71. The summed E-state index contributed by atoms with van der Waals surface area (Å²) >= 11 is 0. The van der Waals surface area contributed by atoms with Crippen molar-refractivity contribution in [2.45, 2.75) is 102 Å². The van der Waals surface area contributed by atoms with E-state index in [1.54, 1.807) is 41.7 Å². The molecule has 0 aliphatic heterocycles. The number of carbonyl (C=O) groups is 4. The summed E-state index contributed by atoms with van der Waals surface area (Å²) < 4.78 is 296. The zero-order valence-electron chi connectivity index (χ0n) is 53.4. The van der Waals surface area contributed by atoms with Crippen molar-refractivity contribution in [2.75, 3.05) is 61.5 Å². The average Bonchev–Trinajstić information content (AvgIpc) is 0.792. The van der Waals surface area contributed by atoms with E-state index in [1.807, 2.05) is 61.9 Å². The molecule has 12 nitrogen and oxygen atoms in total. The number of likely N-dealkylation sites (N-methyl/N-ethyl adjacent to an activating group) is 1. The van der Waals surface area contributed by atoms with E-state index >= 15 is 0 Å². The molecule has 0 aliphatic carbocycles. The van der Waals surface area contributed by atoms with Gasteiger partial charge in [0.2, 0.25) is 0 Å². The molecule has 2 unspecified atom stereocenters. The molecular weight excluding hydrogens is 1450 g/mol. The lowest BCUT2D eigenvalue weighted by Gasteiger charge is -2.29. The molecule has 4 aromatic carbocycles. The van der Waals surface area contributed by atoms with Crippen molar-refractivity contribution < 1.29 is 143 Å². The third kappa shape index (κ3) is 33.5. The largest absolute Gasteiger partial charge is 0.522 e. The SMILES string of the molecule is C=C(c1cccc(N(C)C(=O)C(F)(OCF)C(F)(F)F)c1)[SiH](C)C.C=C(c1cccc(NC(=O)C(F)(OCF)C(F)(F)F)c1)[SiH](C)C.C=C[Si](C)(C)c1cccc(N(C)C(=O)F)c1.C=C[Si](C)(C)c1cccc(NC(=O)F)c1.FC(F)(F)COC(F)(F)F.FC(F)(F)COC(F)(F)F. The summed E-state index contributed by atoms with van der Waals surface area (Å²) in [6.07, 6.45) is -34.7. The van der Waals surface area contributed by atoms with Gasteiger partial charge in [-0.25, -0.2) is 18.4 Å². The summed E-state index contributed by atoms with van der Waals surface area (Å²) in [6.45, 7) is 23.2. The Hall–Kier alpha value is -7.25. The summed E-state index contributed by atoms with van der Waals surface area (Å²) in [5.74, 6) is -13.7. The highest BCUT2D eigenvalue weighted by Crippen LogP contribution is 2.39. The second-order valence-electron chi connectivity index (χ2n) is 21.4. The minimum Gasteiger partial charge on any atom is -0.321 e. The first-order chi connectivity index (χ1) is 44.2. The van der Waals surface area contributed by atoms with Gasteiger partial charge in [0.05, 0.1) is 17.6 Å². The van der Waals surface area contributed by atoms with Crippen LogP contribution in [0.15, 0.2) is 135 Å². The van der Waals surface area contributed by atoms with E-state index in [0.717, 1.165) is 32.7 Å². The molecule has 0 saturated heterocycles. The maximum Gasteiger partial charge on any atom is 0.522 e. The number of hydrogen-bond donors (Lipinski definition) is 2. The van der Waals surface area contributed by atoms with Gasteiger partial charge in [-0.3, -0.25) is 38.8 Å². The highest BCUT2D eigenvalue weighted by atomic mass is 28.3. The predicted octanol–water partition coefficient (Wildman–Crippen LogP) is 17.5. The lowest BCUT2D eigenvalue weighted by atomic mass is 10.1. The quantitative estimate of drug-likeness (QED) is 0.0386. The van der Waals surface area contributed by atoms with Crippen molar-refractivity contribution in [3.8, 4) is 0 Å². The van der Waals surface area contributed by atoms with Crippen molar-refractivity contribution in [1.29, 1.82) is 0 Å². The van der Waals surface area contributed by atoms with Crippen molar-refractivity contribution in [2.24, 2.45) is 0 Å². The molecule has 4 rings (SSSR count). The van der Waals surface area contributed by atoms with Crippen LogP contribution in [0, 0.1) is 0 Å². The number of halogens is 24. The van der Waals surface area contributed by atoms with E-state index in [9.17, 15) is 125 Å². The van der Waals surface area contributed by atoms with Gasteiger partial charge in [-0.15, -0.1) is 48.3 Å². The van der Waals surface area contributed by atoms with Crippen LogP contribution in [0.2, 0.25) is 52.4 Å². The van der Waals surface area contributed by atoms with Crippen LogP contribution in [0.4, 0.5) is 138 Å². The predicted molar refractivity (Wildman–Crippen MR) is 333 cm³/mol. The molecule has 0 aromatic heterocycles. The summed E-state index contributed by atoms with van der Waals surface area (Å²) in [5, 5.41) is 7.78. The maximum absolute atomic E-state index is 14.0. The molecule has 98 heavy (non-hydrogen) atoms. The number of carbonyl (C=O) groups excluding carboxylic acids is 4. The van der Waals surface area contributed by atoms with Gasteiger partial charge in [-0.1, -0.05) is 146 Å². The van der Waals surface area contributed by atoms with Crippen LogP contribution in [0.25, 0.3) is 10.4 Å². The number of nitrogens with one attached hydrogen (secondary N) is 2. The number of alkyl halides is 22. The van der Waals surface area contributed by atoms with Crippen LogP contribution in [0.1, 0.15) is 11.1 Å². The van der Waals surface area contributed by atoms with Gasteiger partial charge >= 0.3 is 67.4 Å². The Bertz CT molecular complexity index is 3200. The Morgan fingerprint density at radius 2 is 0.837 bits per heavy atom. The summed E-state index contributed by atoms with van der Waals surface area (Å²) in [4.78, 5) is 45.8. The standard InChI is InChI=1S/C15H18F5NO2Si.C14H16F5NO2Si.C12H16FNOSi.C11H14FNOSi.2C3H2F6O/c1-10(24(3)4)11-6-5-7-12(8-11)21(2)13(22)14(17,23-9-16)15(18,19)20;1-9(23(2)3)10-5-4-6-11(7-10)20-12(21)13(16,22-8-15)14(17,18)19;1-5-16(3,4)11-8-6-7-10(9-11)14(2)12(13)15;1-4-15(2,3)10-7-5-6-9(8-10)13-11(12)14;2*4-2(5,6)1-10-3(7,8)9/h5-8,24H,1,9H2,2-4H3;4-7,23H,1,8H2,2-3H3,(H,20,21);5-9H,1H2,2-4H3;4-8H,1H2,2-3H3,(H,13,14);2*1H2. The van der Waals surface area contributed by atoms with Gasteiger partial charge in [-0.2, -0.15) is 61.5 Å². The van der Waals surface area contributed by atoms with Gasteiger partial charge < -0.3 is 10.2 Å². The smallest absolute Gasteiger partial charge is 0.321 e. The van der Waals surface area contributed by atoms with Gasteiger partial charge in [-0.05, 0) is 59.7 Å². The summed E-state index contributed by atoms with van der Waals surface area (Å²) in [7, 11) is -3.45. The molecule has 0 fully saturated rings. The van der Waals surface area contributed by atoms with Crippen molar-refractivity contribution in [1.82, 2.24) is 0 Å². The summed E-state index contributed by atoms with van der Waals surface area (Å²) in [6, 6.07) is 26.4. The highest BCUT2D eigenvalue weighted by Gasteiger charge is 2.65. The van der Waals surface area contributed by atoms with Crippen LogP contribution in [0.5, 0.6) is 0 Å². The maximum atomic E-state index is 14.0. The van der Waals surface area contributed by atoms with Crippen LogP contribution in [0.3, 0.4) is 0 Å². The fourth-order valence-electron chi connectivity index (χ4n) is 6.50. The van der Waals surface area contributed by atoms with E-state index in [-0.39, 0.29) is 11.4 Å². The molecule has 0 radical (unpaired) electrons. The van der Waals surface area contributed by atoms with Crippen molar-refractivity contribution >= 4 is 101 Å². The van der Waals surface area contributed by atoms with Crippen LogP contribution >= 0.6 is 0 Å². The molecular formula is C58H68F24N4O8Si4. The molecule has 0 aliphatic rings. The van der Waals surface area contributed by atoms with E-state index in [2.05, 4.69) is 76.8 Å². The first-order valence-corrected chi connectivity index (χ1v) is 39.2. The van der Waals surface area contributed by atoms with Crippen LogP contribution in [-0.2, 0) is 28.5 Å². The van der Waals surface area contributed by atoms with Gasteiger partial charge in [0, 0.05) is 36.8 Å². The van der Waals surface area contributed by atoms with Crippen molar-refractivity contribution in [3.05, 3.63) is 146 Å². The molecule has 4 amide bonds. The Morgan fingerprint density at radius 3 is 1.17 bits per heavy atom. The zero-order chi connectivity index (χ0) is 77.2. The topological polar surface area (TPSA) is 136 Å². The fraction of sp³-hybridized carbons (Fsp3) is 0.379. The van der Waals surface area contributed by atoms with E-state index in [4.69, 9.17) is 0 Å². The van der Waals surface area contributed by atoms with Gasteiger partial charge in [0.25, 0.3) is 5.91 Å². The van der Waals surface area contributed by atoms with Gasteiger partial charge in [0.1, 0.15) is 16.1 Å². The normalized spacial score (nSPS) is 13.2. The number of anilines is 4. The van der Waals surface area contributed by atoms with Crippen LogP contribution < -0.4 is 30.8 Å². The second-order valence-corrected chi connectivity index (χ2v) is 36.3. The van der Waals surface area contributed by atoms with E-state index < -0.39 is 134 Å². The molecule has 2 atom stereocenters. The lowest BCUT2D eigenvalue weighted by Crippen LogP contribution is -2.56. The third-order valence-electron chi connectivity index (χ3n) is 12.5. The Morgan fingerprint density at radius 1 is 0.490 bits per heavy atom. The molecule has 2 N–H and O–H groups in total. The number of benzene rings is 4. The van der Waals surface area contributed by atoms with E-state index in [1.165, 1.54) is 43.4 Å². The minimum absolute atomic E-state index is 0.0158. The molecule has 0 bridgehead atoms. The first kappa shape index (κ1) is 92.8. The number of nitrogens with zero attached hydrogens (tertiary/aromatic N) is 2. The molecule has 0 saturated carbocycles. The molecule has 0 heterocycles. The Labute approximate surface area is 552 Å². The molecule has 552 valence electrons. The fourth-order valence-corrected chi connectivity index (χ4v) is 10.8. The Kier molecular flexibility index (Phi) is 36.9. The monoisotopic (exact) mass is 1520 g/mol. The van der Waals surface area contributed by atoms with Crippen molar-refractivity contribution in [3.63, 3.8) is 0 Å². The zero-order valence-corrected chi connectivity index (χ0v) is 57.7. The lowest BCUT2D eigenvalue weighted by molar-refractivity contribution is -0.352. The van der Waals surface area contributed by atoms with E-state index in [0.29, 0.717) is 27.4 Å². The number of amides is 4. The number of ether oxygens (including phenoxy) is 4. The van der Waals surface area contributed by atoms with Crippen LogP contribution in [-0.4, -0.2) is 148 Å². The number of rotatable bonds is 20. The summed E-state index contributed by atoms with van der Waals surface area (Å²) in [5.41, 5.74) is 6.20. The molecule has 40 heteroatoms. The third-order valence-corrected chi connectivity index (χ3v) is 21.6. The Balaban J connectivity index is 0. The number of hydrogen-bond acceptors (Lipinski definition) is 8.